The summed E-state index contributed by atoms with van der Waals surface area (Å²) in [5.41, 5.74) is 1.02. The van der Waals surface area contributed by atoms with Gasteiger partial charge in [0.05, 0.1) is 12.5 Å². The average Bonchev–Trinajstić information content (AvgIpc) is 2.57. The second-order valence-electron chi connectivity index (χ2n) is 6.58. The number of nitrogens with zero attached hydrogens (tertiary/aromatic N) is 1. The Labute approximate surface area is 148 Å². The van der Waals surface area contributed by atoms with Crippen LogP contribution in [0.2, 0.25) is 0 Å². The molecular formula is C17H19F2N3O4. The van der Waals surface area contributed by atoms with Crippen molar-refractivity contribution >= 4 is 23.6 Å². The van der Waals surface area contributed by atoms with Crippen LogP contribution < -0.4 is 10.6 Å². The van der Waals surface area contributed by atoms with Crippen molar-refractivity contribution in [2.45, 2.75) is 37.1 Å². The number of carbonyl (C=O) groups is 3. The number of carbonyl (C=O) groups excluding carboxylic acids is 2. The van der Waals surface area contributed by atoms with Crippen LogP contribution in [0.15, 0.2) is 24.3 Å². The minimum Gasteiger partial charge on any atom is -0.465 e. The van der Waals surface area contributed by atoms with Crippen LogP contribution >= 0.6 is 0 Å². The first kappa shape index (κ1) is 18.1. The van der Waals surface area contributed by atoms with Gasteiger partial charge in [-0.05, 0) is 30.5 Å². The Morgan fingerprint density at radius 1 is 1.23 bits per heavy atom. The van der Waals surface area contributed by atoms with E-state index in [0.717, 1.165) is 4.90 Å². The number of likely N-dealkylation sites (tertiary alicyclic amines) is 1. The SMILES string of the molecule is O=C1CCC(Nc2ccc(C3CCN(C(=O)O)CC3(F)F)cc2)C(=O)N1. The molecule has 0 saturated carbocycles. The third-order valence-corrected chi connectivity index (χ3v) is 4.76. The molecule has 2 saturated heterocycles. The zero-order valence-corrected chi connectivity index (χ0v) is 13.9. The molecule has 2 atom stereocenters. The number of hydrogen-bond acceptors (Lipinski definition) is 4. The normalized spacial score (nSPS) is 25.5. The van der Waals surface area contributed by atoms with Gasteiger partial charge in [0.15, 0.2) is 0 Å². The van der Waals surface area contributed by atoms with Crippen molar-refractivity contribution in [3.63, 3.8) is 0 Å². The second kappa shape index (κ2) is 6.89. The molecule has 2 aliphatic rings. The van der Waals surface area contributed by atoms with E-state index in [1.807, 2.05) is 0 Å². The molecular weight excluding hydrogens is 348 g/mol. The van der Waals surface area contributed by atoms with Gasteiger partial charge >= 0.3 is 6.09 Å². The van der Waals surface area contributed by atoms with Gasteiger partial charge in [0.1, 0.15) is 6.04 Å². The topological polar surface area (TPSA) is 98.7 Å². The van der Waals surface area contributed by atoms with E-state index in [2.05, 4.69) is 10.6 Å². The van der Waals surface area contributed by atoms with Crippen LogP contribution in [0.3, 0.4) is 0 Å². The summed E-state index contributed by atoms with van der Waals surface area (Å²) in [7, 11) is 0. The van der Waals surface area contributed by atoms with E-state index in [9.17, 15) is 23.2 Å². The fourth-order valence-electron chi connectivity index (χ4n) is 3.36. The Morgan fingerprint density at radius 2 is 1.92 bits per heavy atom. The summed E-state index contributed by atoms with van der Waals surface area (Å²) in [6.45, 7) is -0.755. The molecule has 2 heterocycles. The lowest BCUT2D eigenvalue weighted by Crippen LogP contribution is -2.49. The number of hydrogen-bond donors (Lipinski definition) is 3. The predicted octanol–water partition coefficient (Wildman–Crippen LogP) is 2.01. The van der Waals surface area contributed by atoms with Crippen LogP contribution in [-0.2, 0) is 9.59 Å². The van der Waals surface area contributed by atoms with Crippen molar-refractivity contribution < 1.29 is 28.3 Å². The number of amides is 3. The molecule has 2 aliphatic heterocycles. The van der Waals surface area contributed by atoms with E-state index in [4.69, 9.17) is 5.11 Å². The fraction of sp³-hybridized carbons (Fsp3) is 0.471. The van der Waals surface area contributed by atoms with Crippen LogP contribution in [0.1, 0.15) is 30.7 Å². The summed E-state index contributed by atoms with van der Waals surface area (Å²) in [6.07, 6.45) is -0.681. The summed E-state index contributed by atoms with van der Waals surface area (Å²) in [5, 5.41) is 14.1. The molecule has 1 aromatic rings. The molecule has 3 amide bonds. The molecule has 0 aliphatic carbocycles. The molecule has 2 unspecified atom stereocenters. The molecule has 3 N–H and O–H groups in total. The minimum absolute atomic E-state index is 0.0409. The number of anilines is 1. The summed E-state index contributed by atoms with van der Waals surface area (Å²) < 4.78 is 28.6. The van der Waals surface area contributed by atoms with Gasteiger partial charge in [-0.15, -0.1) is 0 Å². The molecule has 9 heteroatoms. The predicted molar refractivity (Wildman–Crippen MR) is 88.1 cm³/mol. The Kier molecular flexibility index (Phi) is 4.80. The molecule has 140 valence electrons. The van der Waals surface area contributed by atoms with E-state index in [1.165, 1.54) is 0 Å². The van der Waals surface area contributed by atoms with E-state index in [0.29, 0.717) is 17.7 Å². The van der Waals surface area contributed by atoms with Crippen LogP contribution in [0, 0.1) is 0 Å². The zero-order valence-electron chi connectivity index (χ0n) is 13.9. The number of halogens is 2. The van der Waals surface area contributed by atoms with Crippen LogP contribution in [0.5, 0.6) is 0 Å². The standard InChI is InChI=1S/C17H19F2N3O4/c18-17(19)9-22(16(25)26)8-7-12(17)10-1-3-11(4-2-10)20-13-5-6-14(23)21-15(13)24/h1-4,12-13,20H,5-9H2,(H,25,26)(H,21,23,24). The maximum Gasteiger partial charge on any atom is 0.407 e. The van der Waals surface area contributed by atoms with Crippen LogP contribution in [-0.4, -0.2) is 53.0 Å². The highest BCUT2D eigenvalue weighted by Crippen LogP contribution is 2.40. The van der Waals surface area contributed by atoms with Gasteiger partial charge in [0.2, 0.25) is 11.8 Å². The Morgan fingerprint density at radius 3 is 2.50 bits per heavy atom. The van der Waals surface area contributed by atoms with E-state index < -0.39 is 36.4 Å². The number of piperidine rings is 2. The monoisotopic (exact) mass is 367 g/mol. The molecule has 3 rings (SSSR count). The number of benzene rings is 1. The smallest absolute Gasteiger partial charge is 0.407 e. The number of imide groups is 1. The first-order chi connectivity index (χ1) is 12.3. The summed E-state index contributed by atoms with van der Waals surface area (Å²) in [5.74, 6) is -4.91. The highest BCUT2D eigenvalue weighted by atomic mass is 19.3. The second-order valence-corrected chi connectivity index (χ2v) is 6.58. The van der Waals surface area contributed by atoms with Crippen molar-refractivity contribution in [2.24, 2.45) is 0 Å². The van der Waals surface area contributed by atoms with E-state index in [1.54, 1.807) is 24.3 Å². The van der Waals surface area contributed by atoms with Crippen molar-refractivity contribution in [3.8, 4) is 0 Å². The first-order valence-corrected chi connectivity index (χ1v) is 8.32. The number of alkyl halides is 2. The van der Waals surface area contributed by atoms with Crippen molar-refractivity contribution in [3.05, 3.63) is 29.8 Å². The number of nitrogens with one attached hydrogen (secondary N) is 2. The summed E-state index contributed by atoms with van der Waals surface area (Å²) in [4.78, 5) is 34.5. The van der Waals surface area contributed by atoms with Crippen molar-refractivity contribution in [1.82, 2.24) is 10.2 Å². The molecule has 0 bridgehead atoms. The molecule has 0 radical (unpaired) electrons. The van der Waals surface area contributed by atoms with Gasteiger partial charge in [-0.1, -0.05) is 12.1 Å². The van der Waals surface area contributed by atoms with Crippen LogP contribution in [0.4, 0.5) is 19.3 Å². The minimum atomic E-state index is -3.14. The number of carboxylic acid groups (broad SMARTS) is 1. The largest absolute Gasteiger partial charge is 0.465 e. The molecule has 0 spiro atoms. The summed E-state index contributed by atoms with van der Waals surface area (Å²) >= 11 is 0. The zero-order chi connectivity index (χ0) is 18.9. The third kappa shape index (κ3) is 3.76. The van der Waals surface area contributed by atoms with Gasteiger partial charge < -0.3 is 15.3 Å². The van der Waals surface area contributed by atoms with Gasteiger partial charge in [-0.25, -0.2) is 13.6 Å². The lowest BCUT2D eigenvalue weighted by molar-refractivity contribution is -0.133. The van der Waals surface area contributed by atoms with E-state index in [-0.39, 0.29) is 25.3 Å². The van der Waals surface area contributed by atoms with Crippen molar-refractivity contribution in [2.75, 3.05) is 18.4 Å². The summed E-state index contributed by atoms with van der Waals surface area (Å²) in [6, 6.07) is 5.79. The van der Waals surface area contributed by atoms with Crippen LogP contribution in [0.25, 0.3) is 0 Å². The molecule has 1 aromatic carbocycles. The lowest BCUT2D eigenvalue weighted by atomic mass is 9.86. The van der Waals surface area contributed by atoms with Gasteiger partial charge in [-0.3, -0.25) is 14.9 Å². The Bertz CT molecular complexity index is 723. The van der Waals surface area contributed by atoms with Crippen molar-refractivity contribution in [1.29, 1.82) is 0 Å². The van der Waals surface area contributed by atoms with Gasteiger partial charge in [-0.2, -0.15) is 0 Å². The van der Waals surface area contributed by atoms with E-state index >= 15 is 0 Å². The third-order valence-electron chi connectivity index (χ3n) is 4.76. The lowest BCUT2D eigenvalue weighted by Gasteiger charge is -2.37. The fourth-order valence-corrected chi connectivity index (χ4v) is 3.36. The molecule has 26 heavy (non-hydrogen) atoms. The quantitative estimate of drug-likeness (QED) is 0.710. The number of rotatable bonds is 3. The molecule has 2 fully saturated rings. The first-order valence-electron chi connectivity index (χ1n) is 8.32. The Balaban J connectivity index is 1.67. The molecule has 7 nitrogen and oxygen atoms in total. The maximum atomic E-state index is 14.3. The van der Waals surface area contributed by atoms with Gasteiger partial charge in [0.25, 0.3) is 5.92 Å². The van der Waals surface area contributed by atoms with Gasteiger partial charge in [0, 0.05) is 18.7 Å². The Hall–Kier alpha value is -2.71. The molecule has 0 aromatic heterocycles. The maximum absolute atomic E-state index is 14.3. The highest BCUT2D eigenvalue weighted by Gasteiger charge is 2.46. The average molecular weight is 367 g/mol. The highest BCUT2D eigenvalue weighted by molar-refractivity contribution is 6.01.